The fourth-order valence-electron chi connectivity index (χ4n) is 0.342. The van der Waals surface area contributed by atoms with Gasteiger partial charge in [0.2, 0.25) is 0 Å². The molecule has 0 bridgehead atoms. The summed E-state index contributed by atoms with van der Waals surface area (Å²) in [7, 11) is 0. The molecule has 62 valence electrons. The largest absolute Gasteiger partial charge is 0.431 e. The lowest BCUT2D eigenvalue weighted by Gasteiger charge is -1.94. The number of esters is 1. The third-order valence-corrected chi connectivity index (χ3v) is 1.11. The number of hydrogen-bond donors (Lipinski definition) is 0. The fourth-order valence-corrected chi connectivity index (χ4v) is 0.468. The van der Waals surface area contributed by atoms with Crippen molar-refractivity contribution in [3.8, 4) is 0 Å². The van der Waals surface area contributed by atoms with Crippen molar-refractivity contribution in [2.75, 3.05) is 5.88 Å². The van der Waals surface area contributed by atoms with E-state index in [2.05, 4.69) is 11.3 Å². The molecule has 0 fully saturated rings. The van der Waals surface area contributed by atoms with Crippen LogP contribution in [0.3, 0.4) is 0 Å². The summed E-state index contributed by atoms with van der Waals surface area (Å²) in [6, 6.07) is 0. The summed E-state index contributed by atoms with van der Waals surface area (Å²) < 4.78 is 4.63. The molecular weight excluding hydrogens is 164 g/mol. The normalized spacial score (nSPS) is 10.0. The SMILES string of the molecule is C=C(C)C(=O)O/C=C/CCCl. The summed E-state index contributed by atoms with van der Waals surface area (Å²) in [4.78, 5) is 10.7. The van der Waals surface area contributed by atoms with Gasteiger partial charge in [0.1, 0.15) is 0 Å². The molecule has 0 spiro atoms. The number of carbonyl (C=O) groups is 1. The van der Waals surface area contributed by atoms with E-state index in [1.165, 1.54) is 6.26 Å². The smallest absolute Gasteiger partial charge is 0.337 e. The molecule has 0 atom stereocenters. The van der Waals surface area contributed by atoms with Crippen LogP contribution in [0.5, 0.6) is 0 Å². The Hall–Kier alpha value is -0.760. The van der Waals surface area contributed by atoms with E-state index in [0.29, 0.717) is 17.9 Å². The topological polar surface area (TPSA) is 26.3 Å². The Morgan fingerprint density at radius 2 is 2.36 bits per heavy atom. The molecule has 0 aromatic rings. The second-order valence-corrected chi connectivity index (χ2v) is 2.41. The highest BCUT2D eigenvalue weighted by molar-refractivity contribution is 6.17. The number of halogens is 1. The maximum absolute atomic E-state index is 10.7. The van der Waals surface area contributed by atoms with Crippen LogP contribution in [0.4, 0.5) is 0 Å². The predicted octanol–water partition coefficient (Wildman–Crippen LogP) is 2.25. The Morgan fingerprint density at radius 3 is 2.82 bits per heavy atom. The molecule has 0 rings (SSSR count). The van der Waals surface area contributed by atoms with Gasteiger partial charge in [0, 0.05) is 11.5 Å². The molecule has 0 aromatic carbocycles. The van der Waals surface area contributed by atoms with E-state index in [1.807, 2.05) is 0 Å². The molecule has 0 aliphatic carbocycles. The van der Waals surface area contributed by atoms with Gasteiger partial charge in [0.15, 0.2) is 0 Å². The lowest BCUT2D eigenvalue weighted by atomic mass is 10.4. The Morgan fingerprint density at radius 1 is 1.73 bits per heavy atom. The van der Waals surface area contributed by atoms with E-state index in [-0.39, 0.29) is 0 Å². The van der Waals surface area contributed by atoms with Gasteiger partial charge in [-0.05, 0) is 19.4 Å². The predicted molar refractivity (Wildman–Crippen MR) is 45.4 cm³/mol. The first-order chi connectivity index (χ1) is 5.18. The Kier molecular flexibility index (Phi) is 5.57. The van der Waals surface area contributed by atoms with Gasteiger partial charge in [-0.15, -0.1) is 11.6 Å². The summed E-state index contributed by atoms with van der Waals surface area (Å²) in [5.74, 6) is 0.122. The van der Waals surface area contributed by atoms with Crippen LogP contribution in [-0.4, -0.2) is 11.8 Å². The van der Waals surface area contributed by atoms with Crippen molar-refractivity contribution < 1.29 is 9.53 Å². The molecule has 0 heterocycles. The molecular formula is C8H11ClO2. The van der Waals surface area contributed by atoms with Crippen LogP contribution in [0.1, 0.15) is 13.3 Å². The van der Waals surface area contributed by atoms with E-state index < -0.39 is 5.97 Å². The zero-order valence-electron chi connectivity index (χ0n) is 6.47. The summed E-state index contributed by atoms with van der Waals surface area (Å²) >= 11 is 5.37. The van der Waals surface area contributed by atoms with Gasteiger partial charge >= 0.3 is 5.97 Å². The van der Waals surface area contributed by atoms with Gasteiger partial charge < -0.3 is 4.74 Å². The molecule has 0 unspecified atom stereocenters. The molecule has 0 N–H and O–H groups in total. The zero-order chi connectivity index (χ0) is 8.69. The van der Waals surface area contributed by atoms with Gasteiger partial charge in [0.05, 0.1) is 6.26 Å². The number of carbonyl (C=O) groups excluding carboxylic acids is 1. The average molecular weight is 175 g/mol. The standard InChI is InChI=1S/C8H11ClO2/c1-7(2)8(10)11-6-4-3-5-9/h4,6H,1,3,5H2,2H3/b6-4+. The molecule has 0 radical (unpaired) electrons. The minimum Gasteiger partial charge on any atom is -0.431 e. The van der Waals surface area contributed by atoms with Gasteiger partial charge in [-0.2, -0.15) is 0 Å². The summed E-state index contributed by atoms with van der Waals surface area (Å²) in [6.07, 6.45) is 3.72. The highest BCUT2D eigenvalue weighted by Crippen LogP contribution is 1.93. The maximum atomic E-state index is 10.7. The van der Waals surface area contributed by atoms with Crippen molar-refractivity contribution >= 4 is 17.6 Å². The molecule has 2 nitrogen and oxygen atoms in total. The minimum absolute atomic E-state index is 0.389. The van der Waals surface area contributed by atoms with Gasteiger partial charge in [-0.3, -0.25) is 0 Å². The lowest BCUT2D eigenvalue weighted by Crippen LogP contribution is -1.98. The van der Waals surface area contributed by atoms with Crippen molar-refractivity contribution in [1.29, 1.82) is 0 Å². The van der Waals surface area contributed by atoms with Crippen molar-refractivity contribution in [2.45, 2.75) is 13.3 Å². The van der Waals surface area contributed by atoms with Gasteiger partial charge in [-0.25, -0.2) is 4.79 Å². The van der Waals surface area contributed by atoms with Crippen molar-refractivity contribution in [3.63, 3.8) is 0 Å². The lowest BCUT2D eigenvalue weighted by molar-refractivity contribution is -0.133. The van der Waals surface area contributed by atoms with Crippen LogP contribution >= 0.6 is 11.6 Å². The maximum Gasteiger partial charge on any atom is 0.337 e. The Bertz CT molecular complexity index is 173. The van der Waals surface area contributed by atoms with Crippen molar-refractivity contribution in [3.05, 3.63) is 24.5 Å². The van der Waals surface area contributed by atoms with Crippen LogP contribution < -0.4 is 0 Å². The number of allylic oxidation sites excluding steroid dienone is 1. The second-order valence-electron chi connectivity index (χ2n) is 2.04. The van der Waals surface area contributed by atoms with E-state index in [0.717, 1.165) is 0 Å². The zero-order valence-corrected chi connectivity index (χ0v) is 7.23. The highest BCUT2D eigenvalue weighted by Gasteiger charge is 1.98. The minimum atomic E-state index is -0.407. The summed E-state index contributed by atoms with van der Waals surface area (Å²) in [6.45, 7) is 5.01. The first kappa shape index (κ1) is 10.2. The second kappa shape index (κ2) is 5.98. The Balaban J connectivity index is 3.53. The van der Waals surface area contributed by atoms with Crippen LogP contribution in [0.25, 0.3) is 0 Å². The van der Waals surface area contributed by atoms with Gasteiger partial charge in [0.25, 0.3) is 0 Å². The molecule has 0 saturated carbocycles. The van der Waals surface area contributed by atoms with E-state index in [9.17, 15) is 4.79 Å². The third kappa shape index (κ3) is 5.67. The van der Waals surface area contributed by atoms with Crippen LogP contribution in [0.15, 0.2) is 24.5 Å². The monoisotopic (exact) mass is 174 g/mol. The number of ether oxygens (including phenoxy) is 1. The number of alkyl halides is 1. The van der Waals surface area contributed by atoms with Crippen LogP contribution in [-0.2, 0) is 9.53 Å². The third-order valence-electron chi connectivity index (χ3n) is 0.896. The van der Waals surface area contributed by atoms with Crippen molar-refractivity contribution in [1.82, 2.24) is 0 Å². The van der Waals surface area contributed by atoms with Crippen molar-refractivity contribution in [2.24, 2.45) is 0 Å². The van der Waals surface area contributed by atoms with E-state index >= 15 is 0 Å². The highest BCUT2D eigenvalue weighted by atomic mass is 35.5. The molecule has 11 heavy (non-hydrogen) atoms. The van der Waals surface area contributed by atoms with Crippen LogP contribution in [0, 0.1) is 0 Å². The number of rotatable bonds is 4. The quantitative estimate of drug-likeness (QED) is 0.283. The molecule has 0 aliphatic heterocycles. The fraction of sp³-hybridized carbons (Fsp3) is 0.375. The molecule has 3 heteroatoms. The summed E-state index contributed by atoms with van der Waals surface area (Å²) in [5, 5.41) is 0. The first-order valence-corrected chi connectivity index (χ1v) is 3.79. The van der Waals surface area contributed by atoms with Gasteiger partial charge in [-0.1, -0.05) is 6.58 Å². The molecule has 0 aliphatic rings. The molecule has 0 saturated heterocycles. The number of hydrogen-bond acceptors (Lipinski definition) is 2. The van der Waals surface area contributed by atoms with E-state index in [1.54, 1.807) is 13.0 Å². The average Bonchev–Trinajstić information content (AvgIpc) is 1.97. The summed E-state index contributed by atoms with van der Waals surface area (Å²) in [5.41, 5.74) is 0.389. The molecule has 0 amide bonds. The van der Waals surface area contributed by atoms with Crippen LogP contribution in [0.2, 0.25) is 0 Å². The first-order valence-electron chi connectivity index (χ1n) is 3.26. The molecule has 0 aromatic heterocycles. The van der Waals surface area contributed by atoms with E-state index in [4.69, 9.17) is 11.6 Å². The Labute approximate surface area is 71.5 Å².